The van der Waals surface area contributed by atoms with Gasteiger partial charge in [0, 0.05) is 29.5 Å². The molecular weight excluding hydrogens is 472 g/mol. The van der Waals surface area contributed by atoms with Crippen molar-refractivity contribution in [3.05, 3.63) is 57.6 Å². The molecule has 2 aromatic rings. The summed E-state index contributed by atoms with van der Waals surface area (Å²) < 4.78 is 10.3. The molecule has 1 aliphatic heterocycles. The molecule has 4 rings (SSSR count). The number of hydrogen-bond donors (Lipinski definition) is 5. The summed E-state index contributed by atoms with van der Waals surface area (Å²) in [5, 5.41) is 52.5. The maximum absolute atomic E-state index is 13.4. The van der Waals surface area contributed by atoms with E-state index < -0.39 is 59.1 Å². The maximum atomic E-state index is 13.4. The molecule has 1 fully saturated rings. The van der Waals surface area contributed by atoms with E-state index in [-0.39, 0.29) is 52.6 Å². The molecule has 192 valence electrons. The number of aliphatic hydroxyl groups excluding tert-OH is 2. The van der Waals surface area contributed by atoms with Gasteiger partial charge in [-0.2, -0.15) is 0 Å². The van der Waals surface area contributed by atoms with Crippen LogP contribution in [-0.4, -0.2) is 74.1 Å². The van der Waals surface area contributed by atoms with E-state index in [1.54, 1.807) is 6.92 Å². The van der Waals surface area contributed by atoms with Crippen LogP contribution >= 0.6 is 0 Å². The first-order valence-corrected chi connectivity index (χ1v) is 11.5. The van der Waals surface area contributed by atoms with Crippen molar-refractivity contribution >= 4 is 17.5 Å². The largest absolute Gasteiger partial charge is 0.507 e. The van der Waals surface area contributed by atoms with Crippen molar-refractivity contribution in [1.82, 2.24) is 0 Å². The van der Waals surface area contributed by atoms with Gasteiger partial charge < -0.3 is 35.0 Å². The van der Waals surface area contributed by atoms with E-state index >= 15 is 0 Å². The minimum absolute atomic E-state index is 0.0216. The van der Waals surface area contributed by atoms with Crippen LogP contribution < -0.4 is 0 Å². The monoisotopic (exact) mass is 500 g/mol. The maximum Gasteiger partial charge on any atom is 0.308 e. The van der Waals surface area contributed by atoms with Crippen molar-refractivity contribution in [2.75, 3.05) is 7.11 Å². The van der Waals surface area contributed by atoms with Gasteiger partial charge in [-0.1, -0.05) is 12.1 Å². The Labute approximate surface area is 206 Å². The van der Waals surface area contributed by atoms with Crippen LogP contribution in [0.1, 0.15) is 75.8 Å². The molecule has 0 saturated carbocycles. The highest BCUT2D eigenvalue weighted by Crippen LogP contribution is 2.43. The number of benzene rings is 2. The van der Waals surface area contributed by atoms with Crippen molar-refractivity contribution in [2.24, 2.45) is 0 Å². The van der Waals surface area contributed by atoms with Crippen molar-refractivity contribution in [3.8, 4) is 11.5 Å². The van der Waals surface area contributed by atoms with Crippen molar-refractivity contribution < 1.29 is 49.4 Å². The Morgan fingerprint density at radius 2 is 1.64 bits per heavy atom. The molecule has 2 aliphatic rings. The summed E-state index contributed by atoms with van der Waals surface area (Å²) in [4.78, 5) is 38.3. The van der Waals surface area contributed by atoms with E-state index in [0.29, 0.717) is 0 Å². The lowest BCUT2D eigenvalue weighted by molar-refractivity contribution is -0.163. The topological polar surface area (TPSA) is 171 Å². The number of carbonyl (C=O) groups excluding carboxylic acids is 3. The first-order chi connectivity index (χ1) is 16.9. The van der Waals surface area contributed by atoms with Crippen molar-refractivity contribution in [1.29, 1.82) is 0 Å². The molecule has 10 nitrogen and oxygen atoms in total. The Morgan fingerprint density at radius 1 is 1.06 bits per heavy atom. The van der Waals surface area contributed by atoms with Gasteiger partial charge in [0.1, 0.15) is 17.6 Å². The second-order valence-corrected chi connectivity index (χ2v) is 9.63. The molecule has 0 radical (unpaired) electrons. The Bertz CT molecular complexity index is 1240. The van der Waals surface area contributed by atoms with Gasteiger partial charge in [0.25, 0.3) is 0 Å². The van der Waals surface area contributed by atoms with Crippen LogP contribution in [0.2, 0.25) is 0 Å². The van der Waals surface area contributed by atoms with Gasteiger partial charge >= 0.3 is 5.97 Å². The van der Waals surface area contributed by atoms with E-state index in [9.17, 15) is 39.9 Å². The lowest BCUT2D eigenvalue weighted by Gasteiger charge is -2.36. The molecule has 1 unspecified atom stereocenters. The number of phenolic OH excluding ortho intramolecular Hbond substituents is 2. The van der Waals surface area contributed by atoms with Gasteiger partial charge in [-0.3, -0.25) is 14.4 Å². The summed E-state index contributed by atoms with van der Waals surface area (Å²) in [6.07, 6.45) is -4.29. The Morgan fingerprint density at radius 3 is 2.22 bits per heavy atom. The second kappa shape index (κ2) is 9.29. The van der Waals surface area contributed by atoms with Gasteiger partial charge in [0.15, 0.2) is 11.6 Å². The van der Waals surface area contributed by atoms with Crippen molar-refractivity contribution in [2.45, 2.75) is 63.1 Å². The quantitative estimate of drug-likeness (QED) is 0.322. The van der Waals surface area contributed by atoms with Crippen LogP contribution in [0.3, 0.4) is 0 Å². The molecule has 2 aromatic carbocycles. The third kappa shape index (κ3) is 4.37. The molecule has 1 heterocycles. The number of aliphatic hydroxyl groups is 3. The number of esters is 1. The lowest BCUT2D eigenvalue weighted by atomic mass is 9.79. The molecular formula is C26H28O10. The smallest absolute Gasteiger partial charge is 0.308 e. The standard InChI is InChI=1S/C26H28O10/c1-11-21(29)16(27)8-17(36-11)13-6-7-15-20(23(13)31)25(33)14-5-4-12(22(30)19(14)24(15)32)9-26(2,34)10-18(28)35-3/h4-7,11,16-17,21,27,29-31,34H,8-10H2,1-3H3/t11?,16-,17-,21-,26-/m1/s1. The average Bonchev–Trinajstić information content (AvgIpc) is 2.81. The fourth-order valence-electron chi connectivity index (χ4n) is 4.87. The van der Waals surface area contributed by atoms with E-state index in [1.165, 1.54) is 38.3 Å². The van der Waals surface area contributed by atoms with Gasteiger partial charge in [0.2, 0.25) is 0 Å². The molecule has 0 amide bonds. The van der Waals surface area contributed by atoms with E-state index in [4.69, 9.17) is 4.74 Å². The third-order valence-electron chi connectivity index (χ3n) is 6.79. The third-order valence-corrected chi connectivity index (χ3v) is 6.79. The highest BCUT2D eigenvalue weighted by atomic mass is 16.5. The molecule has 0 aromatic heterocycles. The summed E-state index contributed by atoms with van der Waals surface area (Å²) in [7, 11) is 1.18. The van der Waals surface area contributed by atoms with Gasteiger partial charge in [-0.05, 0) is 31.5 Å². The Balaban J connectivity index is 1.71. The van der Waals surface area contributed by atoms with Gasteiger partial charge in [-0.25, -0.2) is 0 Å². The van der Waals surface area contributed by atoms with Crippen LogP contribution in [-0.2, 0) is 20.7 Å². The first kappa shape index (κ1) is 25.8. The second-order valence-electron chi connectivity index (χ2n) is 9.63. The average molecular weight is 501 g/mol. The summed E-state index contributed by atoms with van der Waals surface area (Å²) in [5.41, 5.74) is -1.98. The van der Waals surface area contributed by atoms with Crippen LogP contribution in [0.5, 0.6) is 11.5 Å². The van der Waals surface area contributed by atoms with Gasteiger partial charge in [0.05, 0.1) is 48.6 Å². The highest BCUT2D eigenvalue weighted by Gasteiger charge is 2.40. The molecule has 1 saturated heterocycles. The Kier molecular flexibility index (Phi) is 6.65. The predicted molar refractivity (Wildman–Crippen MR) is 124 cm³/mol. The number of carbonyl (C=O) groups is 3. The summed E-state index contributed by atoms with van der Waals surface area (Å²) in [5.74, 6) is -3.00. The minimum Gasteiger partial charge on any atom is -0.507 e. The van der Waals surface area contributed by atoms with E-state index in [2.05, 4.69) is 4.74 Å². The first-order valence-electron chi connectivity index (χ1n) is 11.5. The van der Waals surface area contributed by atoms with Crippen LogP contribution in [0.4, 0.5) is 0 Å². The minimum atomic E-state index is -1.58. The van der Waals surface area contributed by atoms with Crippen LogP contribution in [0, 0.1) is 0 Å². The zero-order valence-electron chi connectivity index (χ0n) is 20.0. The van der Waals surface area contributed by atoms with E-state index in [1.807, 2.05) is 0 Å². The lowest BCUT2D eigenvalue weighted by Crippen LogP contribution is -2.44. The number of fused-ring (bicyclic) bond motifs is 2. The van der Waals surface area contributed by atoms with Crippen LogP contribution in [0.25, 0.3) is 0 Å². The van der Waals surface area contributed by atoms with Crippen LogP contribution in [0.15, 0.2) is 24.3 Å². The molecule has 36 heavy (non-hydrogen) atoms. The SMILES string of the molecule is COC(=O)C[C@](C)(O)Cc1ccc2c(c1O)C(=O)c1ccc([C@H]3C[C@@H](O)[C@H](O)C(C)O3)c(O)c1C2=O. The number of ketones is 2. The number of aromatic hydroxyl groups is 2. The van der Waals surface area contributed by atoms with E-state index in [0.717, 1.165) is 0 Å². The fourth-order valence-corrected chi connectivity index (χ4v) is 4.87. The normalized spacial score (nSPS) is 25.1. The highest BCUT2D eigenvalue weighted by molar-refractivity contribution is 6.30. The molecule has 0 spiro atoms. The number of rotatable bonds is 5. The molecule has 5 atom stereocenters. The molecule has 5 N–H and O–H groups in total. The predicted octanol–water partition coefficient (Wildman–Crippen LogP) is 1.30. The zero-order valence-corrected chi connectivity index (χ0v) is 20.0. The number of ether oxygens (including phenoxy) is 2. The fraction of sp³-hybridized carbons (Fsp3) is 0.423. The summed E-state index contributed by atoms with van der Waals surface area (Å²) in [6.45, 7) is 2.96. The summed E-state index contributed by atoms with van der Waals surface area (Å²) >= 11 is 0. The summed E-state index contributed by atoms with van der Waals surface area (Å²) in [6, 6.07) is 5.46. The Hall–Kier alpha value is -3.31. The molecule has 0 bridgehead atoms. The number of phenols is 2. The number of hydrogen-bond acceptors (Lipinski definition) is 10. The zero-order chi connectivity index (χ0) is 26.5. The van der Waals surface area contributed by atoms with Crippen molar-refractivity contribution in [3.63, 3.8) is 0 Å². The number of methoxy groups -OCH3 is 1. The molecule has 10 heteroatoms. The van der Waals surface area contributed by atoms with Gasteiger partial charge in [-0.15, -0.1) is 0 Å². The molecule has 1 aliphatic carbocycles.